The Kier molecular flexibility index (Phi) is 2.33. The lowest BCUT2D eigenvalue weighted by molar-refractivity contribution is 0.355. The molecule has 0 bridgehead atoms. The van der Waals surface area contributed by atoms with Crippen molar-refractivity contribution in [2.24, 2.45) is 0 Å². The predicted octanol–water partition coefficient (Wildman–Crippen LogP) is 1.61. The third-order valence-electron chi connectivity index (χ3n) is 2.04. The van der Waals surface area contributed by atoms with Crippen LogP contribution in [0.4, 0.5) is 0 Å². The van der Waals surface area contributed by atoms with E-state index < -0.39 is 5.63 Å². The minimum atomic E-state index is -0.435. The van der Waals surface area contributed by atoms with Crippen LogP contribution in [0.25, 0.3) is 11.0 Å². The van der Waals surface area contributed by atoms with Crippen molar-refractivity contribution in [2.75, 3.05) is 14.2 Å². The van der Waals surface area contributed by atoms with Crippen molar-refractivity contribution in [3.05, 3.63) is 34.7 Å². The van der Waals surface area contributed by atoms with Gasteiger partial charge in [0, 0.05) is 23.6 Å². The summed E-state index contributed by atoms with van der Waals surface area (Å²) in [5, 5.41) is 0.673. The van der Waals surface area contributed by atoms with E-state index in [0.29, 0.717) is 22.5 Å². The van der Waals surface area contributed by atoms with Gasteiger partial charge in [-0.15, -0.1) is 0 Å². The van der Waals surface area contributed by atoms with E-state index in [-0.39, 0.29) is 0 Å². The minimum absolute atomic E-state index is 0.431. The SMILES string of the molecule is COc1cc2[c]cc(=O)oc2cc1OC. The molecule has 0 aliphatic carbocycles. The number of rotatable bonds is 2. The van der Waals surface area contributed by atoms with Crippen LogP contribution in [0.5, 0.6) is 11.5 Å². The van der Waals surface area contributed by atoms with Crippen LogP contribution in [0.2, 0.25) is 0 Å². The van der Waals surface area contributed by atoms with Crippen LogP contribution in [0.15, 0.2) is 27.4 Å². The molecular formula is C11H9O4. The average molecular weight is 205 g/mol. The van der Waals surface area contributed by atoms with E-state index in [1.165, 1.54) is 13.2 Å². The van der Waals surface area contributed by atoms with E-state index in [1.807, 2.05) is 0 Å². The van der Waals surface area contributed by atoms with Gasteiger partial charge in [-0.1, -0.05) is 0 Å². The first-order valence-corrected chi connectivity index (χ1v) is 4.32. The first kappa shape index (κ1) is 9.58. The molecule has 0 aliphatic rings. The molecule has 0 fully saturated rings. The quantitative estimate of drug-likeness (QED) is 0.699. The first-order chi connectivity index (χ1) is 7.24. The zero-order valence-corrected chi connectivity index (χ0v) is 8.37. The lowest BCUT2D eigenvalue weighted by Crippen LogP contribution is -1.96. The highest BCUT2D eigenvalue weighted by atomic mass is 16.5. The van der Waals surface area contributed by atoms with Crippen LogP contribution in [0.3, 0.4) is 0 Å². The van der Waals surface area contributed by atoms with Gasteiger partial charge >= 0.3 is 5.63 Å². The second-order valence-corrected chi connectivity index (χ2v) is 2.91. The van der Waals surface area contributed by atoms with Gasteiger partial charge < -0.3 is 13.9 Å². The van der Waals surface area contributed by atoms with Gasteiger partial charge in [0.15, 0.2) is 11.5 Å². The first-order valence-electron chi connectivity index (χ1n) is 4.32. The fourth-order valence-corrected chi connectivity index (χ4v) is 1.33. The largest absolute Gasteiger partial charge is 0.493 e. The summed E-state index contributed by atoms with van der Waals surface area (Å²) in [6.45, 7) is 0. The average Bonchev–Trinajstić information content (AvgIpc) is 2.27. The molecule has 1 aromatic heterocycles. The van der Waals surface area contributed by atoms with Gasteiger partial charge in [-0.25, -0.2) is 4.79 Å². The summed E-state index contributed by atoms with van der Waals surface area (Å²) < 4.78 is 15.2. The monoisotopic (exact) mass is 205 g/mol. The molecule has 2 rings (SSSR count). The summed E-state index contributed by atoms with van der Waals surface area (Å²) in [5.41, 5.74) is -0.00475. The highest BCUT2D eigenvalue weighted by Gasteiger charge is 2.07. The summed E-state index contributed by atoms with van der Waals surface area (Å²) in [4.78, 5) is 11.0. The maximum Gasteiger partial charge on any atom is 0.336 e. The van der Waals surface area contributed by atoms with Crippen molar-refractivity contribution in [2.45, 2.75) is 0 Å². The Morgan fingerprint density at radius 1 is 1.20 bits per heavy atom. The zero-order valence-electron chi connectivity index (χ0n) is 8.37. The van der Waals surface area contributed by atoms with Gasteiger partial charge in [0.2, 0.25) is 0 Å². The molecule has 1 radical (unpaired) electrons. The van der Waals surface area contributed by atoms with Gasteiger partial charge in [0.05, 0.1) is 14.2 Å². The smallest absolute Gasteiger partial charge is 0.336 e. The lowest BCUT2D eigenvalue weighted by Gasteiger charge is -2.07. The molecule has 0 saturated heterocycles. The van der Waals surface area contributed by atoms with E-state index in [4.69, 9.17) is 13.9 Å². The molecule has 77 valence electrons. The number of ether oxygens (including phenoxy) is 2. The second kappa shape index (κ2) is 3.65. The molecule has 0 aliphatic heterocycles. The van der Waals surface area contributed by atoms with Crippen molar-refractivity contribution in [3.63, 3.8) is 0 Å². The molecule has 0 spiro atoms. The van der Waals surface area contributed by atoms with Gasteiger partial charge in [-0.2, -0.15) is 0 Å². The van der Waals surface area contributed by atoms with E-state index >= 15 is 0 Å². The Morgan fingerprint density at radius 2 is 1.87 bits per heavy atom. The van der Waals surface area contributed by atoms with E-state index in [1.54, 1.807) is 19.2 Å². The maximum atomic E-state index is 11.0. The Balaban J connectivity index is 2.75. The lowest BCUT2D eigenvalue weighted by atomic mass is 10.2. The minimum Gasteiger partial charge on any atom is -0.493 e. The topological polar surface area (TPSA) is 48.7 Å². The van der Waals surface area contributed by atoms with Crippen LogP contribution in [-0.2, 0) is 0 Å². The second-order valence-electron chi connectivity index (χ2n) is 2.91. The normalized spacial score (nSPS) is 10.3. The molecule has 1 heterocycles. The van der Waals surface area contributed by atoms with Gasteiger partial charge in [-0.05, 0) is 6.07 Å². The van der Waals surface area contributed by atoms with E-state index in [2.05, 4.69) is 6.07 Å². The van der Waals surface area contributed by atoms with Gasteiger partial charge in [-0.3, -0.25) is 0 Å². The number of hydrogen-bond donors (Lipinski definition) is 0. The summed E-state index contributed by atoms with van der Waals surface area (Å²) >= 11 is 0. The Bertz CT molecular complexity index is 542. The van der Waals surface area contributed by atoms with Crippen molar-refractivity contribution >= 4 is 11.0 Å². The summed E-state index contributed by atoms with van der Waals surface area (Å²) in [7, 11) is 3.07. The standard InChI is InChI=1S/C11H9O4/c1-13-9-5-7-3-4-11(12)15-8(7)6-10(9)14-2/h4-6H,1-2H3. The van der Waals surface area contributed by atoms with E-state index in [0.717, 1.165) is 0 Å². The van der Waals surface area contributed by atoms with Crippen LogP contribution in [0.1, 0.15) is 0 Å². The summed E-state index contributed by atoms with van der Waals surface area (Å²) in [5.74, 6) is 1.10. The third-order valence-corrected chi connectivity index (χ3v) is 2.04. The molecule has 0 saturated carbocycles. The van der Waals surface area contributed by atoms with Crippen molar-refractivity contribution < 1.29 is 13.9 Å². The van der Waals surface area contributed by atoms with Crippen LogP contribution in [-0.4, -0.2) is 14.2 Å². The summed E-state index contributed by atoms with van der Waals surface area (Å²) in [6.07, 6.45) is 0. The van der Waals surface area contributed by atoms with E-state index in [9.17, 15) is 4.79 Å². The Labute approximate surface area is 86.0 Å². The predicted molar refractivity (Wildman–Crippen MR) is 54.4 cm³/mol. The van der Waals surface area contributed by atoms with Crippen LogP contribution < -0.4 is 15.1 Å². The zero-order chi connectivity index (χ0) is 10.8. The molecule has 0 amide bonds. The van der Waals surface area contributed by atoms with Crippen LogP contribution >= 0.6 is 0 Å². The molecule has 2 aromatic rings. The van der Waals surface area contributed by atoms with Crippen LogP contribution in [0, 0.1) is 6.07 Å². The van der Waals surface area contributed by atoms with Crippen molar-refractivity contribution in [1.29, 1.82) is 0 Å². The maximum absolute atomic E-state index is 11.0. The number of hydrogen-bond acceptors (Lipinski definition) is 4. The number of fused-ring (bicyclic) bond motifs is 1. The molecule has 0 unspecified atom stereocenters. The molecule has 4 heteroatoms. The number of methoxy groups -OCH3 is 2. The Morgan fingerprint density at radius 3 is 2.53 bits per heavy atom. The van der Waals surface area contributed by atoms with Gasteiger partial charge in [0.25, 0.3) is 0 Å². The molecule has 0 N–H and O–H groups in total. The van der Waals surface area contributed by atoms with Crippen molar-refractivity contribution in [1.82, 2.24) is 0 Å². The van der Waals surface area contributed by atoms with Crippen molar-refractivity contribution in [3.8, 4) is 11.5 Å². The Hall–Kier alpha value is -1.97. The molecule has 4 nitrogen and oxygen atoms in total. The fraction of sp³-hybridized carbons (Fsp3) is 0.182. The molecule has 0 atom stereocenters. The molecular weight excluding hydrogens is 196 g/mol. The highest BCUT2D eigenvalue weighted by molar-refractivity contribution is 5.80. The fourth-order valence-electron chi connectivity index (χ4n) is 1.33. The third kappa shape index (κ3) is 1.66. The summed E-state index contributed by atoms with van der Waals surface area (Å²) in [6, 6.07) is 7.36. The number of benzene rings is 1. The molecule has 15 heavy (non-hydrogen) atoms. The highest BCUT2D eigenvalue weighted by Crippen LogP contribution is 2.30. The molecule has 1 aromatic carbocycles. The van der Waals surface area contributed by atoms with Gasteiger partial charge in [0.1, 0.15) is 5.58 Å².